The number of imidazole rings is 1. The summed E-state index contributed by atoms with van der Waals surface area (Å²) in [4.78, 5) is 31.3. The lowest BCUT2D eigenvalue weighted by molar-refractivity contribution is -0.144. The van der Waals surface area contributed by atoms with Gasteiger partial charge in [0, 0.05) is 12.8 Å². The molecule has 164 valence electrons. The van der Waals surface area contributed by atoms with Crippen molar-refractivity contribution in [3.05, 3.63) is 87.9 Å². The first kappa shape index (κ1) is 21.8. The van der Waals surface area contributed by atoms with Crippen molar-refractivity contribution in [2.45, 2.75) is 25.1 Å². The number of halogens is 3. The number of carbonyl (C=O) groups excluding carboxylic acids is 2. The molecule has 4 aromatic rings. The number of aromatic amines is 1. The summed E-state index contributed by atoms with van der Waals surface area (Å²) < 4.78 is 39.0. The minimum atomic E-state index is -4.58. The molecule has 0 spiro atoms. The topological polar surface area (TPSA) is 74.8 Å². The van der Waals surface area contributed by atoms with E-state index in [1.165, 1.54) is 17.4 Å². The van der Waals surface area contributed by atoms with Gasteiger partial charge in [0.05, 0.1) is 22.0 Å². The molecule has 32 heavy (non-hydrogen) atoms. The summed E-state index contributed by atoms with van der Waals surface area (Å²) in [7, 11) is 0. The van der Waals surface area contributed by atoms with Crippen molar-refractivity contribution < 1.29 is 22.8 Å². The number of fused-ring (bicyclic) bond motifs is 1. The molecule has 2 aromatic heterocycles. The zero-order chi connectivity index (χ0) is 22.7. The van der Waals surface area contributed by atoms with Crippen LogP contribution in [0.2, 0.25) is 0 Å². The first-order valence-corrected chi connectivity index (χ1v) is 10.7. The molecule has 0 radical (unpaired) electrons. The maximum atomic E-state index is 13.0. The van der Waals surface area contributed by atoms with Gasteiger partial charge in [-0.3, -0.25) is 9.59 Å². The van der Waals surface area contributed by atoms with Crippen molar-refractivity contribution >= 4 is 34.1 Å². The number of aromatic nitrogens is 2. The number of hydrogen-bond donors (Lipinski definition) is 2. The molecule has 2 aromatic carbocycles. The second-order valence-electron chi connectivity index (χ2n) is 7.17. The number of H-pyrrole nitrogens is 1. The summed E-state index contributed by atoms with van der Waals surface area (Å²) in [5.74, 6) is -1.51. The van der Waals surface area contributed by atoms with Crippen molar-refractivity contribution in [1.82, 2.24) is 15.3 Å². The van der Waals surface area contributed by atoms with Crippen LogP contribution in [0.5, 0.6) is 0 Å². The standard InChI is InChI=1S/C23H18F3N3O2S/c24-23(25,26)22-27-16-9-8-15(13-17(16)28-22)21(14-5-2-1-3-6-14)29-20(31)11-10-18(30)19-7-4-12-32-19/h1-9,12-13,21H,10-11H2,(H,27,28)(H,29,31)/t21-/m0/s1. The maximum absolute atomic E-state index is 13.0. The van der Waals surface area contributed by atoms with Crippen molar-refractivity contribution in [3.8, 4) is 0 Å². The summed E-state index contributed by atoms with van der Waals surface area (Å²) in [6.45, 7) is 0. The molecule has 9 heteroatoms. The quantitative estimate of drug-likeness (QED) is 0.359. The highest BCUT2D eigenvalue weighted by molar-refractivity contribution is 7.12. The van der Waals surface area contributed by atoms with Crippen LogP contribution in [0.1, 0.15) is 45.5 Å². The molecule has 0 fully saturated rings. The monoisotopic (exact) mass is 457 g/mol. The van der Waals surface area contributed by atoms with E-state index in [2.05, 4.69) is 15.3 Å². The van der Waals surface area contributed by atoms with Crippen LogP contribution in [0.4, 0.5) is 13.2 Å². The fourth-order valence-corrected chi connectivity index (χ4v) is 4.06. The Morgan fingerprint density at radius 2 is 1.78 bits per heavy atom. The molecule has 2 N–H and O–H groups in total. The fraction of sp³-hybridized carbons (Fsp3) is 0.174. The lowest BCUT2D eigenvalue weighted by atomic mass is 9.98. The predicted molar refractivity (Wildman–Crippen MR) is 115 cm³/mol. The number of alkyl halides is 3. The number of benzene rings is 2. The third-order valence-electron chi connectivity index (χ3n) is 4.92. The Balaban J connectivity index is 1.57. The molecule has 0 aliphatic carbocycles. The lowest BCUT2D eigenvalue weighted by Gasteiger charge is -2.20. The second kappa shape index (κ2) is 8.96. The van der Waals surface area contributed by atoms with Crippen LogP contribution in [-0.2, 0) is 11.0 Å². The molecule has 5 nitrogen and oxygen atoms in total. The zero-order valence-electron chi connectivity index (χ0n) is 16.6. The highest BCUT2D eigenvalue weighted by Gasteiger charge is 2.34. The van der Waals surface area contributed by atoms with Crippen LogP contribution in [0.15, 0.2) is 66.0 Å². The largest absolute Gasteiger partial charge is 0.449 e. The number of thiophene rings is 1. The van der Waals surface area contributed by atoms with Gasteiger partial charge in [0.15, 0.2) is 5.78 Å². The lowest BCUT2D eigenvalue weighted by Crippen LogP contribution is -2.29. The predicted octanol–water partition coefficient (Wildman–Crippen LogP) is 5.51. The molecular formula is C23H18F3N3O2S. The fourth-order valence-electron chi connectivity index (χ4n) is 3.37. The van der Waals surface area contributed by atoms with E-state index >= 15 is 0 Å². The maximum Gasteiger partial charge on any atom is 0.449 e. The van der Waals surface area contributed by atoms with Crippen LogP contribution < -0.4 is 5.32 Å². The third kappa shape index (κ3) is 4.88. The Hall–Kier alpha value is -3.46. The van der Waals surface area contributed by atoms with Gasteiger partial charge in [-0.25, -0.2) is 4.98 Å². The van der Waals surface area contributed by atoms with Gasteiger partial charge in [-0.1, -0.05) is 42.5 Å². The normalized spacial score (nSPS) is 12.6. The number of nitrogens with zero attached hydrogens (tertiary/aromatic N) is 1. The number of amides is 1. The number of Topliss-reactive ketones (excluding diaryl/α,β-unsaturated/α-hetero) is 1. The average Bonchev–Trinajstić information content (AvgIpc) is 3.46. The Bertz CT molecular complexity index is 1230. The molecule has 0 unspecified atom stereocenters. The van der Waals surface area contributed by atoms with Gasteiger partial charge in [-0.05, 0) is 34.7 Å². The zero-order valence-corrected chi connectivity index (χ0v) is 17.5. The van der Waals surface area contributed by atoms with E-state index in [-0.39, 0.29) is 35.6 Å². The summed E-state index contributed by atoms with van der Waals surface area (Å²) in [6, 6.07) is 16.7. The number of rotatable bonds is 7. The molecular weight excluding hydrogens is 439 g/mol. The van der Waals surface area contributed by atoms with Crippen molar-refractivity contribution in [2.24, 2.45) is 0 Å². The third-order valence-corrected chi connectivity index (χ3v) is 5.83. The second-order valence-corrected chi connectivity index (χ2v) is 8.12. The van der Waals surface area contributed by atoms with Gasteiger partial charge in [0.25, 0.3) is 0 Å². The van der Waals surface area contributed by atoms with Crippen molar-refractivity contribution in [2.75, 3.05) is 0 Å². The van der Waals surface area contributed by atoms with Crippen molar-refractivity contribution in [1.29, 1.82) is 0 Å². The molecule has 2 heterocycles. The average molecular weight is 457 g/mol. The SMILES string of the molecule is O=C(CCC(=O)c1cccs1)N[C@@H](c1ccccc1)c1ccc2nc(C(F)(F)F)[nH]c2c1. The van der Waals surface area contributed by atoms with E-state index in [0.717, 1.165) is 5.56 Å². The van der Waals surface area contributed by atoms with Crippen LogP contribution >= 0.6 is 11.3 Å². The van der Waals surface area contributed by atoms with Gasteiger partial charge in [-0.15, -0.1) is 11.3 Å². The van der Waals surface area contributed by atoms with Crippen LogP contribution in [0, 0.1) is 0 Å². The minimum absolute atomic E-state index is 0.00455. The number of nitrogens with one attached hydrogen (secondary N) is 2. The van der Waals surface area contributed by atoms with Crippen LogP contribution in [0.25, 0.3) is 11.0 Å². The number of carbonyl (C=O) groups is 2. The van der Waals surface area contributed by atoms with Gasteiger partial charge in [0.1, 0.15) is 0 Å². The first-order chi connectivity index (χ1) is 15.3. The number of hydrogen-bond acceptors (Lipinski definition) is 4. The Morgan fingerprint density at radius 3 is 2.47 bits per heavy atom. The summed E-state index contributed by atoms with van der Waals surface area (Å²) in [6.07, 6.45) is -4.51. The van der Waals surface area contributed by atoms with E-state index in [1.54, 1.807) is 29.6 Å². The van der Waals surface area contributed by atoms with Gasteiger partial charge in [-0.2, -0.15) is 13.2 Å². The van der Waals surface area contributed by atoms with Crippen LogP contribution in [-0.4, -0.2) is 21.7 Å². The van der Waals surface area contributed by atoms with Crippen molar-refractivity contribution in [3.63, 3.8) is 0 Å². The van der Waals surface area contributed by atoms with E-state index < -0.39 is 18.0 Å². The molecule has 0 saturated carbocycles. The molecule has 0 saturated heterocycles. The summed E-state index contributed by atoms with van der Waals surface area (Å²) in [5.41, 5.74) is 1.76. The summed E-state index contributed by atoms with van der Waals surface area (Å²) >= 11 is 1.32. The molecule has 4 rings (SSSR count). The Kier molecular flexibility index (Phi) is 6.09. The Labute approximate surface area is 185 Å². The smallest absolute Gasteiger partial charge is 0.345 e. The van der Waals surface area contributed by atoms with E-state index in [9.17, 15) is 22.8 Å². The number of ketones is 1. The van der Waals surface area contributed by atoms with E-state index in [1.807, 2.05) is 30.3 Å². The van der Waals surface area contributed by atoms with Gasteiger partial charge >= 0.3 is 6.18 Å². The minimum Gasteiger partial charge on any atom is -0.345 e. The molecule has 1 atom stereocenters. The highest BCUT2D eigenvalue weighted by atomic mass is 32.1. The Morgan fingerprint density at radius 1 is 1.00 bits per heavy atom. The molecule has 0 aliphatic rings. The molecule has 0 aliphatic heterocycles. The van der Waals surface area contributed by atoms with E-state index in [4.69, 9.17) is 0 Å². The van der Waals surface area contributed by atoms with Gasteiger partial charge in [0.2, 0.25) is 11.7 Å². The van der Waals surface area contributed by atoms with E-state index in [0.29, 0.717) is 10.4 Å². The molecule has 0 bridgehead atoms. The van der Waals surface area contributed by atoms with Gasteiger partial charge < -0.3 is 10.3 Å². The first-order valence-electron chi connectivity index (χ1n) is 9.79. The summed E-state index contributed by atoms with van der Waals surface area (Å²) in [5, 5.41) is 4.71. The molecule has 1 amide bonds. The highest BCUT2D eigenvalue weighted by Crippen LogP contribution is 2.30. The van der Waals surface area contributed by atoms with Crippen LogP contribution in [0.3, 0.4) is 0 Å².